The highest BCUT2D eigenvalue weighted by atomic mass is 19.1. The van der Waals surface area contributed by atoms with Crippen LogP contribution in [0.4, 0.5) is 4.39 Å². The second kappa shape index (κ2) is 7.59. The summed E-state index contributed by atoms with van der Waals surface area (Å²) in [6.45, 7) is 0. The fourth-order valence-electron chi connectivity index (χ4n) is 4.65. The summed E-state index contributed by atoms with van der Waals surface area (Å²) in [6, 6.07) is 16.2. The van der Waals surface area contributed by atoms with E-state index in [4.69, 9.17) is 4.98 Å². The van der Waals surface area contributed by atoms with E-state index >= 15 is 0 Å². The number of aromatic amines is 1. The largest absolute Gasteiger partial charge is 0.505 e. The molecule has 3 N–H and O–H groups in total. The minimum absolute atomic E-state index is 0.0163. The average Bonchev–Trinajstić information content (AvgIpc) is 3.38. The number of para-hydroxylation sites is 2. The van der Waals surface area contributed by atoms with Gasteiger partial charge in [0, 0.05) is 36.6 Å². The maximum Gasteiger partial charge on any atom is 0.202 e. The number of benzene rings is 3. The minimum Gasteiger partial charge on any atom is -0.505 e. The van der Waals surface area contributed by atoms with Crippen LogP contribution in [0, 0.1) is 5.82 Å². The number of imidazole rings is 1. The number of aromatic nitrogens is 4. The van der Waals surface area contributed by atoms with Crippen LogP contribution in [0.1, 0.15) is 22.5 Å². The summed E-state index contributed by atoms with van der Waals surface area (Å²) in [5.41, 5.74) is 5.05. The molecular weight excluding hydrogens is 431 g/mol. The van der Waals surface area contributed by atoms with Crippen LogP contribution < -0.4 is 0 Å². The number of aryl methyl sites for hydroxylation is 1. The molecule has 6 aromatic rings. The fourth-order valence-corrected chi connectivity index (χ4v) is 4.65. The minimum atomic E-state index is -0.273. The Hall–Kier alpha value is -4.39. The zero-order chi connectivity index (χ0) is 23.4. The van der Waals surface area contributed by atoms with E-state index in [0.29, 0.717) is 23.7 Å². The molecule has 3 heterocycles. The van der Waals surface area contributed by atoms with E-state index in [1.807, 2.05) is 36.5 Å². The molecule has 0 saturated heterocycles. The summed E-state index contributed by atoms with van der Waals surface area (Å²) in [7, 11) is 1.73. The van der Waals surface area contributed by atoms with Crippen LogP contribution in [0.15, 0.2) is 67.0 Å². The molecule has 168 valence electrons. The van der Waals surface area contributed by atoms with E-state index in [2.05, 4.69) is 9.97 Å². The summed E-state index contributed by atoms with van der Waals surface area (Å²) in [5, 5.41) is 23.6. The Morgan fingerprint density at radius 1 is 0.971 bits per heavy atom. The van der Waals surface area contributed by atoms with Crippen molar-refractivity contribution in [2.45, 2.75) is 12.8 Å². The maximum absolute atomic E-state index is 13.3. The lowest BCUT2D eigenvalue weighted by molar-refractivity contribution is 0.432. The van der Waals surface area contributed by atoms with Crippen molar-refractivity contribution >= 4 is 32.7 Å². The van der Waals surface area contributed by atoms with Gasteiger partial charge in [0.05, 0.1) is 16.4 Å². The van der Waals surface area contributed by atoms with Gasteiger partial charge in [-0.3, -0.25) is 4.98 Å². The predicted octanol–water partition coefficient (Wildman–Crippen LogP) is 5.33. The van der Waals surface area contributed by atoms with Gasteiger partial charge in [-0.1, -0.05) is 24.3 Å². The molecular formula is C27H21FN4O2. The second-order valence-corrected chi connectivity index (χ2v) is 8.60. The van der Waals surface area contributed by atoms with Gasteiger partial charge in [0.25, 0.3) is 0 Å². The van der Waals surface area contributed by atoms with E-state index in [0.717, 1.165) is 44.3 Å². The summed E-state index contributed by atoms with van der Waals surface area (Å²) in [4.78, 5) is 12.7. The second-order valence-electron chi connectivity index (χ2n) is 8.60. The highest BCUT2D eigenvalue weighted by Crippen LogP contribution is 2.42. The molecule has 6 nitrogen and oxygen atoms in total. The van der Waals surface area contributed by atoms with Gasteiger partial charge in [0.15, 0.2) is 5.75 Å². The number of pyridine rings is 1. The number of rotatable bonds is 4. The topological polar surface area (TPSA) is 87.0 Å². The van der Waals surface area contributed by atoms with Crippen molar-refractivity contribution in [2.75, 3.05) is 0 Å². The summed E-state index contributed by atoms with van der Waals surface area (Å²) >= 11 is 0. The number of H-pyrrole nitrogens is 1. The lowest BCUT2D eigenvalue weighted by Gasteiger charge is -2.12. The van der Waals surface area contributed by atoms with Crippen LogP contribution in [-0.2, 0) is 19.9 Å². The number of hydrogen-bond donors (Lipinski definition) is 3. The van der Waals surface area contributed by atoms with Crippen LogP contribution in [0.5, 0.6) is 11.6 Å². The van der Waals surface area contributed by atoms with Gasteiger partial charge < -0.3 is 19.8 Å². The van der Waals surface area contributed by atoms with Crippen molar-refractivity contribution in [3.63, 3.8) is 0 Å². The SMILES string of the molecule is Cn1cc2c(Cc3nc4ccccc4[nH]3)c3cc(Cc4ccc(F)cc4)cnc3c(O)c2c1O. The summed E-state index contributed by atoms with van der Waals surface area (Å²) in [6.07, 6.45) is 4.57. The molecule has 3 aromatic heterocycles. The van der Waals surface area contributed by atoms with E-state index in [9.17, 15) is 14.6 Å². The molecule has 0 bridgehead atoms. The molecule has 6 rings (SSSR count). The molecule has 0 radical (unpaired) electrons. The molecule has 0 fully saturated rings. The van der Waals surface area contributed by atoms with Crippen molar-refractivity contribution in [1.29, 1.82) is 0 Å². The van der Waals surface area contributed by atoms with E-state index in [1.54, 1.807) is 29.9 Å². The lowest BCUT2D eigenvalue weighted by atomic mass is 9.96. The van der Waals surface area contributed by atoms with Crippen molar-refractivity contribution in [3.05, 3.63) is 95.3 Å². The maximum atomic E-state index is 13.3. The van der Waals surface area contributed by atoms with E-state index in [1.165, 1.54) is 12.1 Å². The number of nitrogens with one attached hydrogen (secondary N) is 1. The van der Waals surface area contributed by atoms with E-state index in [-0.39, 0.29) is 17.4 Å². The Labute approximate surface area is 194 Å². The standard InChI is InChI=1S/C27H21FN4O2/c1-32-14-20-18(12-23-30-21-4-2-3-5-22(21)31-23)19-11-16(10-15-6-8-17(28)9-7-15)13-29-25(19)26(33)24(20)27(32)34/h2-9,11,13-14,33-34H,10,12H2,1H3,(H,30,31). The Balaban J connectivity index is 1.55. The molecule has 7 heteroatoms. The fraction of sp³-hybridized carbons (Fsp3) is 0.111. The Kier molecular flexibility index (Phi) is 4.52. The van der Waals surface area contributed by atoms with Crippen molar-refractivity contribution in [3.8, 4) is 11.6 Å². The molecule has 0 aliphatic rings. The van der Waals surface area contributed by atoms with E-state index < -0.39 is 0 Å². The highest BCUT2D eigenvalue weighted by Gasteiger charge is 2.21. The third-order valence-corrected chi connectivity index (χ3v) is 6.31. The molecule has 0 amide bonds. The van der Waals surface area contributed by atoms with Crippen LogP contribution in [0.25, 0.3) is 32.7 Å². The zero-order valence-corrected chi connectivity index (χ0v) is 18.4. The zero-order valence-electron chi connectivity index (χ0n) is 18.4. The van der Waals surface area contributed by atoms with Gasteiger partial charge >= 0.3 is 0 Å². The molecule has 0 aliphatic carbocycles. The number of phenols is 1. The molecule has 34 heavy (non-hydrogen) atoms. The number of nitrogens with zero attached hydrogens (tertiary/aromatic N) is 3. The smallest absolute Gasteiger partial charge is 0.202 e. The van der Waals surface area contributed by atoms with Crippen molar-refractivity contribution in [1.82, 2.24) is 19.5 Å². The van der Waals surface area contributed by atoms with Crippen LogP contribution in [0.3, 0.4) is 0 Å². The van der Waals surface area contributed by atoms with Gasteiger partial charge in [0.1, 0.15) is 17.2 Å². The number of halogens is 1. The molecule has 0 atom stereocenters. The Bertz CT molecular complexity index is 1670. The number of hydrogen-bond acceptors (Lipinski definition) is 4. The summed E-state index contributed by atoms with van der Waals surface area (Å²) < 4.78 is 14.9. The number of phenolic OH excluding ortho intramolecular Hbond substituents is 1. The first-order valence-corrected chi connectivity index (χ1v) is 11.0. The van der Waals surface area contributed by atoms with Gasteiger partial charge in [-0.15, -0.1) is 0 Å². The van der Waals surface area contributed by atoms with Gasteiger partial charge in [-0.25, -0.2) is 9.37 Å². The predicted molar refractivity (Wildman–Crippen MR) is 130 cm³/mol. The summed E-state index contributed by atoms with van der Waals surface area (Å²) in [5.74, 6) is 0.439. The average molecular weight is 452 g/mol. The molecule has 0 unspecified atom stereocenters. The monoisotopic (exact) mass is 452 g/mol. The van der Waals surface area contributed by atoms with Gasteiger partial charge in [0.2, 0.25) is 5.88 Å². The van der Waals surface area contributed by atoms with Crippen LogP contribution >= 0.6 is 0 Å². The Morgan fingerprint density at radius 3 is 2.56 bits per heavy atom. The molecule has 0 spiro atoms. The molecule has 0 aliphatic heterocycles. The van der Waals surface area contributed by atoms with Crippen LogP contribution in [-0.4, -0.2) is 29.7 Å². The molecule has 3 aromatic carbocycles. The van der Waals surface area contributed by atoms with Crippen molar-refractivity contribution < 1.29 is 14.6 Å². The van der Waals surface area contributed by atoms with Gasteiger partial charge in [-0.2, -0.15) is 0 Å². The number of fused-ring (bicyclic) bond motifs is 3. The quantitative estimate of drug-likeness (QED) is 0.337. The third kappa shape index (κ3) is 3.25. The van der Waals surface area contributed by atoms with Crippen LogP contribution in [0.2, 0.25) is 0 Å². The van der Waals surface area contributed by atoms with Gasteiger partial charge in [-0.05, 0) is 53.4 Å². The first-order valence-electron chi connectivity index (χ1n) is 11.0. The first-order chi connectivity index (χ1) is 16.5. The highest BCUT2D eigenvalue weighted by molar-refractivity contribution is 6.09. The number of aromatic hydroxyl groups is 2. The Morgan fingerprint density at radius 2 is 1.76 bits per heavy atom. The lowest BCUT2D eigenvalue weighted by Crippen LogP contribution is -1.97. The normalized spacial score (nSPS) is 11.7. The molecule has 0 saturated carbocycles. The van der Waals surface area contributed by atoms with Crippen molar-refractivity contribution in [2.24, 2.45) is 7.05 Å². The third-order valence-electron chi connectivity index (χ3n) is 6.31. The first kappa shape index (κ1) is 20.2.